The van der Waals surface area contributed by atoms with Gasteiger partial charge >= 0.3 is 0 Å². The molecule has 0 heterocycles. The molecular weight excluding hydrogens is 221 g/mol. The number of rotatable bonds is 3. The molecule has 0 spiro atoms. The zero-order chi connectivity index (χ0) is 10.8. The van der Waals surface area contributed by atoms with Crippen LogP contribution >= 0.6 is 23.2 Å². The molecule has 2 nitrogen and oxygen atoms in total. The van der Waals surface area contributed by atoms with Crippen LogP contribution in [0.5, 0.6) is 0 Å². The Kier molecular flexibility index (Phi) is 3.78. The summed E-state index contributed by atoms with van der Waals surface area (Å²) in [5.74, 6) is 0. The third kappa shape index (κ3) is 3.14. The molecule has 78 valence electrons. The lowest BCUT2D eigenvalue weighted by Crippen LogP contribution is -2.42. The third-order valence-corrected chi connectivity index (χ3v) is 2.69. The van der Waals surface area contributed by atoms with Crippen LogP contribution in [0.2, 0.25) is 10.0 Å². The molecule has 0 aliphatic heterocycles. The van der Waals surface area contributed by atoms with E-state index in [0.717, 1.165) is 5.56 Å². The van der Waals surface area contributed by atoms with Crippen molar-refractivity contribution in [3.05, 3.63) is 33.8 Å². The summed E-state index contributed by atoms with van der Waals surface area (Å²) >= 11 is 11.6. The average molecular weight is 234 g/mol. The predicted molar refractivity (Wildman–Crippen MR) is 59.8 cm³/mol. The topological polar surface area (TPSA) is 46.2 Å². The fourth-order valence-electron chi connectivity index (χ4n) is 1.17. The van der Waals surface area contributed by atoms with Crippen molar-refractivity contribution in [3.8, 4) is 0 Å². The SMILES string of the molecule is C[C@](N)(CO)Cc1ccc(Cl)c(Cl)c1. The lowest BCUT2D eigenvalue weighted by atomic mass is 9.95. The lowest BCUT2D eigenvalue weighted by Gasteiger charge is -2.21. The molecule has 0 aliphatic carbocycles. The summed E-state index contributed by atoms with van der Waals surface area (Å²) < 4.78 is 0. The molecule has 0 aromatic heterocycles. The summed E-state index contributed by atoms with van der Waals surface area (Å²) in [5.41, 5.74) is 6.17. The van der Waals surface area contributed by atoms with E-state index in [1.807, 2.05) is 6.07 Å². The van der Waals surface area contributed by atoms with Crippen molar-refractivity contribution in [3.63, 3.8) is 0 Å². The molecule has 0 fully saturated rings. The van der Waals surface area contributed by atoms with E-state index in [-0.39, 0.29) is 6.61 Å². The number of nitrogens with two attached hydrogens (primary N) is 1. The van der Waals surface area contributed by atoms with E-state index in [4.69, 9.17) is 34.0 Å². The number of hydrogen-bond acceptors (Lipinski definition) is 2. The molecule has 1 aromatic carbocycles. The van der Waals surface area contributed by atoms with Crippen LogP contribution in [0.1, 0.15) is 12.5 Å². The highest BCUT2D eigenvalue weighted by molar-refractivity contribution is 6.42. The van der Waals surface area contributed by atoms with Gasteiger partial charge in [0, 0.05) is 5.54 Å². The van der Waals surface area contributed by atoms with Crippen LogP contribution in [0.3, 0.4) is 0 Å². The Morgan fingerprint density at radius 1 is 1.36 bits per heavy atom. The Bertz CT molecular complexity index is 326. The first kappa shape index (κ1) is 11.8. The van der Waals surface area contributed by atoms with Crippen LogP contribution in [0.25, 0.3) is 0 Å². The monoisotopic (exact) mass is 233 g/mol. The van der Waals surface area contributed by atoms with Gasteiger partial charge in [-0.3, -0.25) is 0 Å². The molecular formula is C10H13Cl2NO. The van der Waals surface area contributed by atoms with Gasteiger partial charge in [0.2, 0.25) is 0 Å². The summed E-state index contributed by atoms with van der Waals surface area (Å²) in [6, 6.07) is 5.35. The Morgan fingerprint density at radius 3 is 2.50 bits per heavy atom. The summed E-state index contributed by atoms with van der Waals surface area (Å²) in [6.07, 6.45) is 0.570. The molecule has 0 radical (unpaired) electrons. The van der Waals surface area contributed by atoms with Gasteiger partial charge in [-0.15, -0.1) is 0 Å². The van der Waals surface area contributed by atoms with Crippen LogP contribution < -0.4 is 5.73 Å². The first-order valence-electron chi connectivity index (χ1n) is 4.28. The van der Waals surface area contributed by atoms with Gasteiger partial charge in [0.05, 0.1) is 16.7 Å². The van der Waals surface area contributed by atoms with Gasteiger partial charge in [-0.25, -0.2) is 0 Å². The number of hydrogen-bond donors (Lipinski definition) is 2. The Labute approximate surface area is 93.6 Å². The van der Waals surface area contributed by atoms with E-state index in [9.17, 15) is 0 Å². The second kappa shape index (κ2) is 4.49. The van der Waals surface area contributed by atoms with Crippen LogP contribution in [-0.2, 0) is 6.42 Å². The highest BCUT2D eigenvalue weighted by Crippen LogP contribution is 2.24. The zero-order valence-corrected chi connectivity index (χ0v) is 9.44. The molecule has 0 saturated carbocycles. The van der Waals surface area contributed by atoms with Crippen LogP contribution in [0.4, 0.5) is 0 Å². The smallest absolute Gasteiger partial charge is 0.0611 e. The highest BCUT2D eigenvalue weighted by atomic mass is 35.5. The normalized spacial score (nSPS) is 15.2. The van der Waals surface area contributed by atoms with Crippen molar-refractivity contribution < 1.29 is 5.11 Å². The maximum absolute atomic E-state index is 9.00. The quantitative estimate of drug-likeness (QED) is 0.842. The number of halogens is 2. The van der Waals surface area contributed by atoms with Crippen molar-refractivity contribution in [1.29, 1.82) is 0 Å². The minimum atomic E-state index is -0.614. The van der Waals surface area contributed by atoms with Gasteiger partial charge in [-0.05, 0) is 31.0 Å². The van der Waals surface area contributed by atoms with E-state index in [1.165, 1.54) is 0 Å². The maximum atomic E-state index is 9.00. The molecule has 0 aliphatic rings. The van der Waals surface area contributed by atoms with Crippen LogP contribution in [-0.4, -0.2) is 17.3 Å². The van der Waals surface area contributed by atoms with Crippen molar-refractivity contribution >= 4 is 23.2 Å². The fraction of sp³-hybridized carbons (Fsp3) is 0.400. The molecule has 14 heavy (non-hydrogen) atoms. The average Bonchev–Trinajstić information content (AvgIpc) is 2.11. The molecule has 3 N–H and O–H groups in total. The van der Waals surface area contributed by atoms with Gasteiger partial charge in [0.1, 0.15) is 0 Å². The highest BCUT2D eigenvalue weighted by Gasteiger charge is 2.17. The Hall–Kier alpha value is -0.280. The number of aliphatic hydroxyl groups is 1. The van der Waals surface area contributed by atoms with Gasteiger partial charge in [-0.2, -0.15) is 0 Å². The van der Waals surface area contributed by atoms with E-state index in [1.54, 1.807) is 19.1 Å². The Balaban J connectivity index is 2.83. The van der Waals surface area contributed by atoms with E-state index < -0.39 is 5.54 Å². The molecule has 0 amide bonds. The van der Waals surface area contributed by atoms with Crippen molar-refractivity contribution in [1.82, 2.24) is 0 Å². The minimum absolute atomic E-state index is 0.0623. The van der Waals surface area contributed by atoms with E-state index in [2.05, 4.69) is 0 Å². The number of benzene rings is 1. The minimum Gasteiger partial charge on any atom is -0.394 e. The molecule has 4 heteroatoms. The second-order valence-electron chi connectivity index (χ2n) is 3.74. The fourth-order valence-corrected chi connectivity index (χ4v) is 1.49. The largest absolute Gasteiger partial charge is 0.394 e. The van der Waals surface area contributed by atoms with Gasteiger partial charge < -0.3 is 10.8 Å². The van der Waals surface area contributed by atoms with Crippen molar-refractivity contribution in [2.24, 2.45) is 5.73 Å². The molecule has 0 unspecified atom stereocenters. The number of aliphatic hydroxyl groups excluding tert-OH is 1. The van der Waals surface area contributed by atoms with Gasteiger partial charge in [-0.1, -0.05) is 29.3 Å². The molecule has 1 rings (SSSR count). The maximum Gasteiger partial charge on any atom is 0.0611 e. The van der Waals surface area contributed by atoms with Crippen LogP contribution in [0.15, 0.2) is 18.2 Å². The Morgan fingerprint density at radius 2 is 2.00 bits per heavy atom. The predicted octanol–water partition coefficient (Wildman–Crippen LogP) is 2.25. The third-order valence-electron chi connectivity index (χ3n) is 1.95. The van der Waals surface area contributed by atoms with Gasteiger partial charge in [0.25, 0.3) is 0 Å². The molecule has 0 saturated heterocycles. The molecule has 0 bridgehead atoms. The first-order valence-corrected chi connectivity index (χ1v) is 5.04. The molecule has 1 aromatic rings. The van der Waals surface area contributed by atoms with Gasteiger partial charge in [0.15, 0.2) is 0 Å². The summed E-state index contributed by atoms with van der Waals surface area (Å²) in [6.45, 7) is 1.72. The summed E-state index contributed by atoms with van der Waals surface area (Å²) in [4.78, 5) is 0. The second-order valence-corrected chi connectivity index (χ2v) is 4.55. The van der Waals surface area contributed by atoms with E-state index in [0.29, 0.717) is 16.5 Å². The lowest BCUT2D eigenvalue weighted by molar-refractivity contribution is 0.208. The first-order chi connectivity index (χ1) is 6.44. The summed E-state index contributed by atoms with van der Waals surface area (Å²) in [7, 11) is 0. The zero-order valence-electron chi connectivity index (χ0n) is 7.93. The standard InChI is InChI=1S/C10H13Cl2NO/c1-10(13,6-14)5-7-2-3-8(11)9(12)4-7/h2-4,14H,5-6,13H2,1H3/t10-/m1/s1. The molecule has 1 atom stereocenters. The van der Waals surface area contributed by atoms with Crippen molar-refractivity contribution in [2.45, 2.75) is 18.9 Å². The summed E-state index contributed by atoms with van der Waals surface area (Å²) in [5, 5.41) is 10.0. The van der Waals surface area contributed by atoms with Crippen molar-refractivity contribution in [2.75, 3.05) is 6.61 Å². The van der Waals surface area contributed by atoms with Crippen LogP contribution in [0, 0.1) is 0 Å². The van der Waals surface area contributed by atoms with E-state index >= 15 is 0 Å².